The molecule has 31 heavy (non-hydrogen) atoms. The number of hydrogen-bond donors (Lipinski definition) is 4. The molecule has 164 valence electrons. The van der Waals surface area contributed by atoms with Crippen LogP contribution >= 0.6 is 11.6 Å². The van der Waals surface area contributed by atoms with Gasteiger partial charge in [-0.3, -0.25) is 5.73 Å². The van der Waals surface area contributed by atoms with Crippen molar-refractivity contribution in [3.8, 4) is 11.5 Å². The minimum Gasteiger partial charge on any atom is -0.493 e. The monoisotopic (exact) mass is 441 g/mol. The Hall–Kier alpha value is -2.74. The molecule has 0 spiro atoms. The fraction of sp³-hybridized carbons (Fsp3) is 0.348. The highest BCUT2D eigenvalue weighted by molar-refractivity contribution is 6.30. The molecule has 2 aliphatic rings. The van der Waals surface area contributed by atoms with Crippen LogP contribution in [0.25, 0.3) is 5.57 Å². The maximum absolute atomic E-state index is 6.69. The summed E-state index contributed by atoms with van der Waals surface area (Å²) in [5.74, 6) is 1.03. The topological polar surface area (TPSA) is 92.9 Å². The van der Waals surface area contributed by atoms with E-state index in [1.54, 1.807) is 14.2 Å². The average Bonchev–Trinajstić information content (AvgIpc) is 2.79. The Morgan fingerprint density at radius 2 is 1.87 bits per heavy atom. The Balaban J connectivity index is 1.73. The molecule has 1 unspecified atom stereocenters. The van der Waals surface area contributed by atoms with Crippen molar-refractivity contribution in [3.05, 3.63) is 64.4 Å². The second-order valence-corrected chi connectivity index (χ2v) is 8.12. The predicted molar refractivity (Wildman–Crippen MR) is 124 cm³/mol. The van der Waals surface area contributed by atoms with E-state index in [-0.39, 0.29) is 0 Å². The lowest BCUT2D eigenvalue weighted by Gasteiger charge is -2.36. The number of benzene rings is 2. The molecule has 1 fully saturated rings. The summed E-state index contributed by atoms with van der Waals surface area (Å²) < 4.78 is 10.9. The zero-order valence-electron chi connectivity index (χ0n) is 17.7. The molecule has 0 aliphatic carbocycles. The van der Waals surface area contributed by atoms with E-state index in [1.165, 1.54) is 0 Å². The smallest absolute Gasteiger partial charge is 0.210 e. The van der Waals surface area contributed by atoms with Gasteiger partial charge >= 0.3 is 0 Å². The molecule has 2 heterocycles. The van der Waals surface area contributed by atoms with Crippen molar-refractivity contribution in [1.29, 1.82) is 0 Å². The van der Waals surface area contributed by atoms with Gasteiger partial charge in [-0.1, -0.05) is 29.8 Å². The summed E-state index contributed by atoms with van der Waals surface area (Å²) in [5, 5.41) is 11.1. The molecule has 0 aromatic heterocycles. The van der Waals surface area contributed by atoms with Gasteiger partial charge in [0.15, 0.2) is 11.5 Å². The summed E-state index contributed by atoms with van der Waals surface area (Å²) in [4.78, 5) is 4.67. The van der Waals surface area contributed by atoms with Gasteiger partial charge in [0.1, 0.15) is 5.82 Å². The predicted octanol–water partition coefficient (Wildman–Crippen LogP) is 2.81. The molecule has 5 N–H and O–H groups in total. The highest BCUT2D eigenvalue weighted by Crippen LogP contribution is 2.33. The standard InChI is InChI=1S/C23H28ClN5O2/c1-30-20-7-6-15(12-21(20)31-2)19-14-27-23(25,16-4-3-5-17(24)13-16)29-22(19)28-18-8-10-26-11-9-18/h3-7,12-14,18,26,28-29H,8-11,25H2,1-2H3. The lowest BCUT2D eigenvalue weighted by atomic mass is 10.0. The normalized spacial score (nSPS) is 21.5. The zero-order chi connectivity index (χ0) is 21.8. The van der Waals surface area contributed by atoms with Gasteiger partial charge in [-0.15, -0.1) is 0 Å². The summed E-state index contributed by atoms with van der Waals surface area (Å²) in [6.07, 6.45) is 3.86. The molecule has 2 aromatic carbocycles. The second-order valence-electron chi connectivity index (χ2n) is 7.69. The number of nitrogens with two attached hydrogens (primary N) is 1. The van der Waals surface area contributed by atoms with Crippen molar-refractivity contribution >= 4 is 23.4 Å². The van der Waals surface area contributed by atoms with Crippen molar-refractivity contribution in [3.63, 3.8) is 0 Å². The number of ether oxygens (including phenoxy) is 2. The van der Waals surface area contributed by atoms with Crippen LogP contribution in [-0.2, 0) is 5.79 Å². The molecule has 2 aliphatic heterocycles. The van der Waals surface area contributed by atoms with Gasteiger partial charge in [0.25, 0.3) is 0 Å². The maximum atomic E-state index is 6.69. The minimum atomic E-state index is -1.12. The third kappa shape index (κ3) is 4.63. The van der Waals surface area contributed by atoms with Crippen LogP contribution in [0, 0.1) is 0 Å². The zero-order valence-corrected chi connectivity index (χ0v) is 18.5. The molecule has 0 amide bonds. The van der Waals surface area contributed by atoms with Crippen LogP contribution in [0.4, 0.5) is 0 Å². The lowest BCUT2D eigenvalue weighted by molar-refractivity contribution is 0.349. The van der Waals surface area contributed by atoms with Crippen molar-refractivity contribution in [2.45, 2.75) is 24.7 Å². The first kappa shape index (κ1) is 21.5. The van der Waals surface area contributed by atoms with E-state index >= 15 is 0 Å². The minimum absolute atomic E-state index is 0.328. The largest absolute Gasteiger partial charge is 0.493 e. The molecule has 1 saturated heterocycles. The fourth-order valence-corrected chi connectivity index (χ4v) is 4.09. The molecule has 8 heteroatoms. The first-order chi connectivity index (χ1) is 15.0. The summed E-state index contributed by atoms with van der Waals surface area (Å²) in [6.45, 7) is 1.96. The Bertz CT molecular complexity index is 1000. The van der Waals surface area contributed by atoms with Crippen molar-refractivity contribution in [2.24, 2.45) is 10.7 Å². The van der Waals surface area contributed by atoms with Gasteiger partial charge in [0.2, 0.25) is 5.79 Å². The number of hydrogen-bond acceptors (Lipinski definition) is 7. The molecule has 4 rings (SSSR count). The van der Waals surface area contributed by atoms with Crippen LogP contribution in [0.3, 0.4) is 0 Å². The van der Waals surface area contributed by atoms with Gasteiger partial charge in [-0.05, 0) is 55.8 Å². The van der Waals surface area contributed by atoms with Crippen molar-refractivity contribution in [1.82, 2.24) is 16.0 Å². The highest BCUT2D eigenvalue weighted by Gasteiger charge is 2.32. The third-order valence-corrected chi connectivity index (χ3v) is 5.86. The van der Waals surface area contributed by atoms with Crippen LogP contribution in [0.1, 0.15) is 24.0 Å². The summed E-state index contributed by atoms with van der Waals surface area (Å²) in [6, 6.07) is 13.6. The Morgan fingerprint density at radius 1 is 1.10 bits per heavy atom. The van der Waals surface area contributed by atoms with Crippen molar-refractivity contribution < 1.29 is 9.47 Å². The van der Waals surface area contributed by atoms with E-state index in [0.717, 1.165) is 48.5 Å². The molecule has 0 bridgehead atoms. The third-order valence-electron chi connectivity index (χ3n) is 5.63. The fourth-order valence-electron chi connectivity index (χ4n) is 3.90. The molecule has 0 saturated carbocycles. The molecule has 0 radical (unpaired) electrons. The summed E-state index contributed by atoms with van der Waals surface area (Å²) in [5.41, 5.74) is 9.32. The first-order valence-corrected chi connectivity index (χ1v) is 10.7. The molecule has 2 aromatic rings. The number of allylic oxidation sites excluding steroid dienone is 1. The molecule has 7 nitrogen and oxygen atoms in total. The van der Waals surface area contributed by atoms with Crippen LogP contribution < -0.4 is 31.2 Å². The van der Waals surface area contributed by atoms with Crippen LogP contribution in [0.15, 0.2) is 53.3 Å². The molecule has 1 atom stereocenters. The summed E-state index contributed by atoms with van der Waals surface area (Å²) in [7, 11) is 3.25. The Kier molecular flexibility index (Phi) is 6.36. The number of methoxy groups -OCH3 is 2. The van der Waals surface area contributed by atoms with Gasteiger partial charge in [0.05, 0.1) is 14.2 Å². The number of rotatable bonds is 6. The van der Waals surface area contributed by atoms with E-state index in [0.29, 0.717) is 22.6 Å². The van der Waals surface area contributed by atoms with Gasteiger partial charge in [0, 0.05) is 28.4 Å². The Labute approximate surface area is 187 Å². The number of halogens is 1. The van der Waals surface area contributed by atoms with Crippen LogP contribution in [0.5, 0.6) is 11.5 Å². The number of aliphatic imine (C=N–C) groups is 1. The molecular formula is C23H28ClN5O2. The van der Waals surface area contributed by atoms with E-state index in [2.05, 4.69) is 20.9 Å². The number of nitrogens with one attached hydrogen (secondary N) is 3. The van der Waals surface area contributed by atoms with Crippen LogP contribution in [-0.4, -0.2) is 39.6 Å². The van der Waals surface area contributed by atoms with Crippen molar-refractivity contribution in [2.75, 3.05) is 27.3 Å². The quantitative estimate of drug-likeness (QED) is 0.551. The van der Waals surface area contributed by atoms with Gasteiger partial charge in [-0.2, -0.15) is 0 Å². The number of nitrogens with zero attached hydrogens (tertiary/aromatic N) is 1. The van der Waals surface area contributed by atoms with Crippen LogP contribution in [0.2, 0.25) is 5.02 Å². The van der Waals surface area contributed by atoms with E-state index < -0.39 is 5.79 Å². The average molecular weight is 442 g/mol. The van der Waals surface area contributed by atoms with E-state index in [1.807, 2.05) is 48.7 Å². The number of piperidine rings is 1. The van der Waals surface area contributed by atoms with E-state index in [4.69, 9.17) is 26.8 Å². The Morgan fingerprint density at radius 3 is 2.58 bits per heavy atom. The second kappa shape index (κ2) is 9.18. The SMILES string of the molecule is COc1ccc(C2=C(NC3CCNCC3)NC(N)(c3cccc(Cl)c3)N=C2)cc1OC. The molecular weight excluding hydrogens is 414 g/mol. The summed E-state index contributed by atoms with van der Waals surface area (Å²) >= 11 is 6.21. The highest BCUT2D eigenvalue weighted by atomic mass is 35.5. The lowest BCUT2D eigenvalue weighted by Crippen LogP contribution is -2.54. The van der Waals surface area contributed by atoms with Gasteiger partial charge in [-0.25, -0.2) is 4.99 Å². The van der Waals surface area contributed by atoms with Gasteiger partial charge < -0.3 is 25.4 Å². The van der Waals surface area contributed by atoms with E-state index in [9.17, 15) is 0 Å². The maximum Gasteiger partial charge on any atom is 0.210 e. The first-order valence-electron chi connectivity index (χ1n) is 10.3.